The first-order chi connectivity index (χ1) is 20.8. The molecule has 0 aromatic heterocycles. The van der Waals surface area contributed by atoms with Gasteiger partial charge in [0.1, 0.15) is 0 Å². The van der Waals surface area contributed by atoms with Crippen LogP contribution in [0.2, 0.25) is 0 Å². The number of hydrogen-bond acceptors (Lipinski definition) is 0. The van der Waals surface area contributed by atoms with E-state index in [2.05, 4.69) is 158 Å². The van der Waals surface area contributed by atoms with Gasteiger partial charge in [-0.05, 0) is 99.0 Å². The molecule has 0 saturated carbocycles. The average molecular weight is 531 g/mol. The van der Waals surface area contributed by atoms with Gasteiger partial charge in [0.2, 0.25) is 0 Å². The van der Waals surface area contributed by atoms with Gasteiger partial charge in [0.15, 0.2) is 0 Å². The third-order valence-corrected chi connectivity index (χ3v) is 9.00. The lowest BCUT2D eigenvalue weighted by atomic mass is 9.92. The van der Waals surface area contributed by atoms with Crippen LogP contribution in [0.25, 0.3) is 86.9 Å². The molecular weight excluding hydrogens is 504 g/mol. The lowest BCUT2D eigenvalue weighted by molar-refractivity contribution is 1.62. The van der Waals surface area contributed by atoms with E-state index >= 15 is 0 Å². The molecule has 0 radical (unpaired) electrons. The van der Waals surface area contributed by atoms with Crippen LogP contribution in [-0.4, -0.2) is 0 Å². The van der Waals surface area contributed by atoms with E-state index in [1.54, 1.807) is 0 Å². The predicted octanol–water partition coefficient (Wildman–Crippen LogP) is 11.9. The normalized spacial score (nSPS) is 11.8. The maximum Gasteiger partial charge on any atom is -0.00266 e. The molecule has 0 heterocycles. The quantitative estimate of drug-likeness (QED) is 0.195. The third kappa shape index (κ3) is 3.56. The fourth-order valence-electron chi connectivity index (χ4n) is 6.87. The first-order valence-electron chi connectivity index (χ1n) is 14.6. The molecule has 0 N–H and O–H groups in total. The highest BCUT2D eigenvalue weighted by molar-refractivity contribution is 6.21. The Morgan fingerprint density at radius 1 is 0.214 bits per heavy atom. The minimum Gasteiger partial charge on any atom is -0.0616 e. The highest BCUT2D eigenvalue weighted by Gasteiger charge is 2.10. The molecule has 42 heavy (non-hydrogen) atoms. The summed E-state index contributed by atoms with van der Waals surface area (Å²) in [6.07, 6.45) is 0. The zero-order valence-electron chi connectivity index (χ0n) is 23.0. The van der Waals surface area contributed by atoms with Crippen LogP contribution in [0, 0.1) is 0 Å². The van der Waals surface area contributed by atoms with Crippen LogP contribution in [0.1, 0.15) is 0 Å². The maximum absolute atomic E-state index is 2.37. The van der Waals surface area contributed by atoms with Gasteiger partial charge in [-0.15, -0.1) is 0 Å². The Bertz CT molecular complexity index is 2310. The minimum atomic E-state index is 1.23. The number of benzene rings is 9. The van der Waals surface area contributed by atoms with E-state index in [1.165, 1.54) is 86.9 Å². The van der Waals surface area contributed by atoms with E-state index in [-0.39, 0.29) is 0 Å². The molecule has 0 aliphatic rings. The summed E-state index contributed by atoms with van der Waals surface area (Å²) in [5.74, 6) is 0. The third-order valence-electron chi connectivity index (χ3n) is 9.00. The molecule has 0 nitrogen and oxygen atoms in total. The van der Waals surface area contributed by atoms with Crippen molar-refractivity contribution in [2.45, 2.75) is 0 Å². The molecule has 0 amide bonds. The van der Waals surface area contributed by atoms with Crippen molar-refractivity contribution in [2.75, 3.05) is 0 Å². The molecule has 0 spiro atoms. The lowest BCUT2D eigenvalue weighted by Gasteiger charge is -2.12. The topological polar surface area (TPSA) is 0 Å². The monoisotopic (exact) mass is 530 g/mol. The van der Waals surface area contributed by atoms with E-state index in [4.69, 9.17) is 0 Å². The second-order valence-electron chi connectivity index (χ2n) is 11.3. The van der Waals surface area contributed by atoms with Gasteiger partial charge in [-0.3, -0.25) is 0 Å². The van der Waals surface area contributed by atoms with Crippen molar-refractivity contribution in [1.82, 2.24) is 0 Å². The Kier molecular flexibility index (Phi) is 5.00. The SMILES string of the molecule is c1ccc2c(c1)ccc1ccc3ccc(-c4ccc(-c5ccc6ccc7ccc8ccccc8c7c6c5)cc4)cc3c12. The molecule has 0 fully saturated rings. The zero-order valence-corrected chi connectivity index (χ0v) is 23.0. The molecule has 9 aromatic carbocycles. The van der Waals surface area contributed by atoms with Crippen molar-refractivity contribution >= 4 is 64.6 Å². The van der Waals surface area contributed by atoms with Crippen molar-refractivity contribution < 1.29 is 0 Å². The summed E-state index contributed by atoms with van der Waals surface area (Å²) in [7, 11) is 0. The molecule has 0 unspecified atom stereocenters. The molecule has 9 aromatic rings. The van der Waals surface area contributed by atoms with Crippen molar-refractivity contribution in [3.05, 3.63) is 158 Å². The van der Waals surface area contributed by atoms with Crippen molar-refractivity contribution in [3.63, 3.8) is 0 Å². The summed E-state index contributed by atoms with van der Waals surface area (Å²) < 4.78 is 0. The molecule has 194 valence electrons. The van der Waals surface area contributed by atoms with E-state index < -0.39 is 0 Å². The summed E-state index contributed by atoms with van der Waals surface area (Å²) in [5, 5.41) is 15.6. The fourth-order valence-corrected chi connectivity index (χ4v) is 6.87. The predicted molar refractivity (Wildman–Crippen MR) is 182 cm³/mol. The lowest BCUT2D eigenvalue weighted by Crippen LogP contribution is -1.85. The molecule has 0 atom stereocenters. The molecule has 0 saturated heterocycles. The van der Waals surface area contributed by atoms with E-state index in [1.807, 2.05) is 0 Å². The van der Waals surface area contributed by atoms with Crippen LogP contribution < -0.4 is 0 Å². The first kappa shape index (κ1) is 23.3. The van der Waals surface area contributed by atoms with Gasteiger partial charge in [0.05, 0.1) is 0 Å². The van der Waals surface area contributed by atoms with Crippen LogP contribution in [0.15, 0.2) is 158 Å². The van der Waals surface area contributed by atoms with E-state index in [0.717, 1.165) is 0 Å². The van der Waals surface area contributed by atoms with Gasteiger partial charge in [0.25, 0.3) is 0 Å². The summed E-state index contributed by atoms with van der Waals surface area (Å²) >= 11 is 0. The molecule has 0 aliphatic heterocycles. The smallest absolute Gasteiger partial charge is 0.00266 e. The second-order valence-corrected chi connectivity index (χ2v) is 11.3. The highest BCUT2D eigenvalue weighted by Crippen LogP contribution is 2.37. The molecular formula is C42H26. The van der Waals surface area contributed by atoms with Crippen LogP contribution in [-0.2, 0) is 0 Å². The number of fused-ring (bicyclic) bond motifs is 10. The standard InChI is InChI=1S/C42H26/c1-3-7-37-29(5-1)13-19-33-21-15-31-17-23-35(25-39(31)41(33)37)27-9-11-28(12-10-27)36-24-18-32-16-22-34-20-14-30-6-2-4-8-38(30)42(34)40(32)26-36/h1-26H. The van der Waals surface area contributed by atoms with Gasteiger partial charge in [0, 0.05) is 0 Å². The number of hydrogen-bond donors (Lipinski definition) is 0. The Hall–Kier alpha value is -5.46. The van der Waals surface area contributed by atoms with Crippen molar-refractivity contribution in [3.8, 4) is 22.3 Å². The molecule has 9 rings (SSSR count). The minimum absolute atomic E-state index is 1.23. The number of rotatable bonds is 2. The fraction of sp³-hybridized carbons (Fsp3) is 0. The zero-order chi connectivity index (χ0) is 27.6. The summed E-state index contributed by atoms with van der Waals surface area (Å²) in [6.45, 7) is 0. The average Bonchev–Trinajstić information content (AvgIpc) is 3.07. The molecule has 0 aliphatic carbocycles. The Morgan fingerprint density at radius 3 is 0.952 bits per heavy atom. The molecule has 0 bridgehead atoms. The Labute approximate surface area is 244 Å². The molecule has 0 heteroatoms. The Morgan fingerprint density at radius 2 is 0.524 bits per heavy atom. The van der Waals surface area contributed by atoms with E-state index in [9.17, 15) is 0 Å². The van der Waals surface area contributed by atoms with Gasteiger partial charge in [-0.1, -0.05) is 146 Å². The Balaban J connectivity index is 1.17. The van der Waals surface area contributed by atoms with Crippen LogP contribution in [0.3, 0.4) is 0 Å². The van der Waals surface area contributed by atoms with Gasteiger partial charge < -0.3 is 0 Å². The largest absolute Gasteiger partial charge is 0.0616 e. The van der Waals surface area contributed by atoms with Crippen LogP contribution in [0.4, 0.5) is 0 Å². The van der Waals surface area contributed by atoms with Crippen LogP contribution >= 0.6 is 0 Å². The maximum atomic E-state index is 2.37. The van der Waals surface area contributed by atoms with Gasteiger partial charge in [-0.25, -0.2) is 0 Å². The van der Waals surface area contributed by atoms with Crippen molar-refractivity contribution in [1.29, 1.82) is 0 Å². The van der Waals surface area contributed by atoms with Crippen LogP contribution in [0.5, 0.6) is 0 Å². The van der Waals surface area contributed by atoms with Gasteiger partial charge in [-0.2, -0.15) is 0 Å². The highest BCUT2D eigenvalue weighted by atomic mass is 14.1. The summed E-state index contributed by atoms with van der Waals surface area (Å²) in [5.41, 5.74) is 4.95. The van der Waals surface area contributed by atoms with Gasteiger partial charge >= 0.3 is 0 Å². The summed E-state index contributed by atoms with van der Waals surface area (Å²) in [6, 6.07) is 58.2. The van der Waals surface area contributed by atoms with E-state index in [0.29, 0.717) is 0 Å². The first-order valence-corrected chi connectivity index (χ1v) is 14.6. The second kappa shape index (κ2) is 9.03. The van der Waals surface area contributed by atoms with Crippen molar-refractivity contribution in [2.24, 2.45) is 0 Å². The summed E-state index contributed by atoms with van der Waals surface area (Å²) in [4.78, 5) is 0.